The maximum atomic E-state index is 10.0. The van der Waals surface area contributed by atoms with E-state index in [-0.39, 0.29) is 0 Å². The van der Waals surface area contributed by atoms with Gasteiger partial charge < -0.3 is 5.11 Å². The fourth-order valence-corrected chi connectivity index (χ4v) is 0.657. The molecule has 0 fully saturated rings. The first-order valence-corrected chi connectivity index (χ1v) is 3.65. The van der Waals surface area contributed by atoms with Gasteiger partial charge in [-0.05, 0) is 6.92 Å². The fraction of sp³-hybridized carbons (Fsp3) is 0.667. The predicted molar refractivity (Wildman–Crippen MR) is 26.8 cm³/mol. The molecule has 0 aliphatic heterocycles. The molecule has 0 atom stereocenters. The molecule has 0 rings (SSSR count). The summed E-state index contributed by atoms with van der Waals surface area (Å²) in [5.41, 5.74) is 0. The number of rotatable bonds is 2. The smallest absolute Gasteiger partial charge is 0.267 e. The van der Waals surface area contributed by atoms with E-state index < -0.39 is 16.4 Å². The first-order valence-electron chi connectivity index (χ1n) is 1.84. The lowest BCUT2D eigenvalue weighted by Gasteiger charge is -1.98. The summed E-state index contributed by atoms with van der Waals surface area (Å²) in [4.78, 5) is 0. The van der Waals surface area contributed by atoms with Crippen molar-refractivity contribution in [3.8, 4) is 0 Å². The minimum atomic E-state index is -3.51. The van der Waals surface area contributed by atoms with E-state index in [0.717, 1.165) is 13.2 Å². The Morgan fingerprint density at radius 2 is 2.00 bits per heavy atom. The van der Waals surface area contributed by atoms with Gasteiger partial charge in [-0.25, -0.2) is 4.18 Å². The van der Waals surface area contributed by atoms with Crippen LogP contribution in [0.15, 0.2) is 0 Å². The molecule has 4 nitrogen and oxygen atoms in total. The third-order valence-corrected chi connectivity index (χ3v) is 0.816. The maximum Gasteiger partial charge on any atom is 0.267 e. The molecule has 1 radical (unpaired) electrons. The number of aliphatic hydroxyl groups excluding tert-OH is 1. The van der Waals surface area contributed by atoms with E-state index in [2.05, 4.69) is 4.18 Å². The third kappa shape index (κ3) is 5.87. The van der Waals surface area contributed by atoms with Crippen LogP contribution in [0.3, 0.4) is 0 Å². The lowest BCUT2D eigenvalue weighted by molar-refractivity contribution is 0.121. The zero-order chi connectivity index (χ0) is 6.78. The summed E-state index contributed by atoms with van der Waals surface area (Å²) in [7, 11) is -3.51. The van der Waals surface area contributed by atoms with E-state index in [4.69, 9.17) is 5.11 Å². The summed E-state index contributed by atoms with van der Waals surface area (Å²) in [5.74, 6) is 0. The Morgan fingerprint density at radius 3 is 2.00 bits per heavy atom. The minimum absolute atomic E-state index is 0.562. The van der Waals surface area contributed by atoms with Crippen molar-refractivity contribution in [2.45, 2.75) is 6.92 Å². The highest BCUT2D eigenvalue weighted by Gasteiger charge is 2.06. The third-order valence-electron chi connectivity index (χ3n) is 0.272. The summed E-state index contributed by atoms with van der Waals surface area (Å²) in [6.45, 7) is 1.14. The lowest BCUT2D eigenvalue weighted by Crippen LogP contribution is -2.05. The van der Waals surface area contributed by atoms with Gasteiger partial charge in [0.15, 0.2) is 0 Å². The molecular formula is C3H7O4S. The molecular weight excluding hydrogens is 132 g/mol. The monoisotopic (exact) mass is 139 g/mol. The molecule has 8 heavy (non-hydrogen) atoms. The molecule has 0 amide bonds. The Kier molecular flexibility index (Phi) is 2.39. The van der Waals surface area contributed by atoms with Gasteiger partial charge in [0.25, 0.3) is 10.1 Å². The van der Waals surface area contributed by atoms with Gasteiger partial charge in [0.2, 0.25) is 6.29 Å². The molecule has 0 aliphatic carbocycles. The maximum absolute atomic E-state index is 10.0. The molecule has 0 saturated heterocycles. The van der Waals surface area contributed by atoms with E-state index in [1.165, 1.54) is 0 Å². The van der Waals surface area contributed by atoms with E-state index in [0.29, 0.717) is 0 Å². The Morgan fingerprint density at radius 1 is 1.62 bits per heavy atom. The Labute approximate surface area is 48.2 Å². The summed E-state index contributed by atoms with van der Waals surface area (Å²) < 4.78 is 24.0. The van der Waals surface area contributed by atoms with Crippen molar-refractivity contribution in [3.05, 3.63) is 6.29 Å². The fourth-order valence-electron chi connectivity index (χ4n) is 0.219. The summed E-state index contributed by atoms with van der Waals surface area (Å²) in [5, 5.41) is 8.20. The van der Waals surface area contributed by atoms with Crippen LogP contribution >= 0.6 is 0 Å². The normalized spacial score (nSPS) is 12.5. The average Bonchev–Trinajstić information content (AvgIpc) is 1.21. The highest BCUT2D eigenvalue weighted by molar-refractivity contribution is 7.86. The van der Waals surface area contributed by atoms with Gasteiger partial charge in [0.1, 0.15) is 0 Å². The second-order valence-electron chi connectivity index (χ2n) is 1.31. The van der Waals surface area contributed by atoms with E-state index >= 15 is 0 Å². The van der Waals surface area contributed by atoms with Crippen molar-refractivity contribution in [2.75, 3.05) is 6.26 Å². The molecule has 0 saturated carbocycles. The van der Waals surface area contributed by atoms with Crippen LogP contribution in [0.1, 0.15) is 6.92 Å². The lowest BCUT2D eigenvalue weighted by atomic mass is 10.8. The Bertz CT molecular complexity index is 145. The molecule has 0 aliphatic rings. The molecule has 0 bridgehead atoms. The second kappa shape index (κ2) is 2.43. The second-order valence-corrected chi connectivity index (χ2v) is 2.88. The molecule has 0 unspecified atom stereocenters. The van der Waals surface area contributed by atoms with Crippen LogP contribution in [0, 0.1) is 6.29 Å². The van der Waals surface area contributed by atoms with Gasteiger partial charge in [-0.1, -0.05) is 0 Å². The Hall–Kier alpha value is -0.130. The molecule has 49 valence electrons. The summed E-state index contributed by atoms with van der Waals surface area (Å²) >= 11 is 0. The van der Waals surface area contributed by atoms with E-state index in [9.17, 15) is 8.42 Å². The molecule has 0 aromatic carbocycles. The average molecular weight is 139 g/mol. The molecule has 1 N–H and O–H groups in total. The zero-order valence-corrected chi connectivity index (χ0v) is 5.40. The Balaban J connectivity index is 3.75. The largest absolute Gasteiger partial charge is 0.361 e. The van der Waals surface area contributed by atoms with Crippen molar-refractivity contribution in [3.63, 3.8) is 0 Å². The van der Waals surface area contributed by atoms with Crippen molar-refractivity contribution in [1.29, 1.82) is 0 Å². The number of hydrogen-bond acceptors (Lipinski definition) is 4. The van der Waals surface area contributed by atoms with Gasteiger partial charge in [0.05, 0.1) is 6.26 Å². The summed E-state index contributed by atoms with van der Waals surface area (Å²) in [6.07, 6.45) is 0.291. The molecule has 5 heteroatoms. The topological polar surface area (TPSA) is 63.6 Å². The molecule has 0 spiro atoms. The zero-order valence-electron chi connectivity index (χ0n) is 4.58. The highest BCUT2D eigenvalue weighted by atomic mass is 32.2. The van der Waals surface area contributed by atoms with Crippen LogP contribution < -0.4 is 0 Å². The van der Waals surface area contributed by atoms with Crippen molar-refractivity contribution in [1.82, 2.24) is 0 Å². The van der Waals surface area contributed by atoms with Gasteiger partial charge in [-0.3, -0.25) is 0 Å². The first kappa shape index (κ1) is 7.87. The van der Waals surface area contributed by atoms with Crippen LogP contribution in [0.2, 0.25) is 0 Å². The molecule has 0 aromatic heterocycles. The SMILES string of the molecule is C[C](O)OS(C)(=O)=O. The quantitative estimate of drug-likeness (QED) is 0.540. The van der Waals surface area contributed by atoms with Crippen molar-refractivity contribution < 1.29 is 17.7 Å². The van der Waals surface area contributed by atoms with Crippen molar-refractivity contribution in [2.24, 2.45) is 0 Å². The van der Waals surface area contributed by atoms with Crippen LogP contribution in [-0.4, -0.2) is 19.8 Å². The van der Waals surface area contributed by atoms with Gasteiger partial charge in [-0.15, -0.1) is 0 Å². The van der Waals surface area contributed by atoms with Crippen LogP contribution in [0.25, 0.3) is 0 Å². The first-order chi connectivity index (χ1) is 3.42. The minimum Gasteiger partial charge on any atom is -0.361 e. The van der Waals surface area contributed by atoms with Gasteiger partial charge in [-0.2, -0.15) is 8.42 Å². The van der Waals surface area contributed by atoms with E-state index in [1.807, 2.05) is 0 Å². The summed E-state index contributed by atoms with van der Waals surface area (Å²) in [6, 6.07) is 0. The van der Waals surface area contributed by atoms with Gasteiger partial charge >= 0.3 is 0 Å². The van der Waals surface area contributed by atoms with E-state index in [1.54, 1.807) is 0 Å². The standard InChI is InChI=1S/C3H7O4S/c1-3(4)7-8(2,5)6/h4H,1-2H3. The number of hydrogen-bond donors (Lipinski definition) is 1. The number of aliphatic hydroxyl groups is 1. The predicted octanol–water partition coefficient (Wildman–Crippen LogP) is -0.156. The van der Waals surface area contributed by atoms with Gasteiger partial charge in [0, 0.05) is 0 Å². The van der Waals surface area contributed by atoms with Crippen molar-refractivity contribution >= 4 is 10.1 Å². The van der Waals surface area contributed by atoms with Crippen LogP contribution in [0.4, 0.5) is 0 Å². The molecule has 0 aromatic rings. The van der Waals surface area contributed by atoms with Crippen LogP contribution in [-0.2, 0) is 14.3 Å². The van der Waals surface area contributed by atoms with Crippen LogP contribution in [0.5, 0.6) is 0 Å². The molecule has 0 heterocycles. The highest BCUT2D eigenvalue weighted by Crippen LogP contribution is 1.97.